The SMILES string of the molecule is COc1ccc(N(CC(=O)N(Cc2ccccc2F)[C@@H](Cc2ccccc2)C(=O)NCC(C)C)S(=O)(=O)c2ccc(C)cc2)cc1OC. The van der Waals surface area contributed by atoms with Crippen molar-refractivity contribution in [3.63, 3.8) is 0 Å². The Morgan fingerprint density at radius 2 is 1.50 bits per heavy atom. The van der Waals surface area contributed by atoms with Gasteiger partial charge in [-0.25, -0.2) is 12.8 Å². The van der Waals surface area contributed by atoms with E-state index in [-0.39, 0.29) is 40.8 Å². The Labute approximate surface area is 282 Å². The van der Waals surface area contributed by atoms with Crippen LogP contribution in [0.25, 0.3) is 0 Å². The molecule has 11 heteroatoms. The highest BCUT2D eigenvalue weighted by Crippen LogP contribution is 2.34. The van der Waals surface area contributed by atoms with E-state index in [1.54, 1.807) is 24.3 Å². The maximum Gasteiger partial charge on any atom is 0.264 e. The predicted octanol–water partition coefficient (Wildman–Crippen LogP) is 5.76. The number of halogens is 1. The predicted molar refractivity (Wildman–Crippen MR) is 184 cm³/mol. The van der Waals surface area contributed by atoms with Gasteiger partial charge in [-0.05, 0) is 48.7 Å². The Balaban J connectivity index is 1.85. The molecule has 4 rings (SSSR count). The molecular weight excluding hydrogens is 633 g/mol. The number of carbonyl (C=O) groups is 2. The molecule has 1 N–H and O–H groups in total. The van der Waals surface area contributed by atoms with Gasteiger partial charge in [0.1, 0.15) is 18.4 Å². The van der Waals surface area contributed by atoms with E-state index in [0.29, 0.717) is 12.3 Å². The van der Waals surface area contributed by atoms with Gasteiger partial charge in [-0.15, -0.1) is 0 Å². The number of ether oxygens (including phenoxy) is 2. The summed E-state index contributed by atoms with van der Waals surface area (Å²) in [6.07, 6.45) is 0.117. The molecular formula is C37H42FN3O6S. The van der Waals surface area contributed by atoms with Crippen molar-refractivity contribution in [2.45, 2.75) is 44.7 Å². The zero-order valence-electron chi connectivity index (χ0n) is 27.9. The Bertz CT molecular complexity index is 1800. The standard InChI is InChI=1S/C37H42FN3O6S/c1-26(2)23-39-37(43)33(21-28-11-7-6-8-12-28)40(24-29-13-9-10-14-32(29)38)36(42)25-41(30-17-20-34(46-4)35(22-30)47-5)48(44,45)31-18-15-27(3)16-19-31/h6-20,22,26,33H,21,23-25H2,1-5H3,(H,39,43)/t33-/m0/s1. The van der Waals surface area contributed by atoms with Crippen LogP contribution in [0.5, 0.6) is 11.5 Å². The number of aryl methyl sites for hydroxylation is 1. The first-order valence-electron chi connectivity index (χ1n) is 15.6. The van der Waals surface area contributed by atoms with Crippen LogP contribution in [-0.4, -0.2) is 58.5 Å². The molecule has 0 fully saturated rings. The molecule has 0 bridgehead atoms. The molecule has 0 unspecified atom stereocenters. The molecule has 4 aromatic carbocycles. The number of hydrogen-bond donors (Lipinski definition) is 1. The second-order valence-electron chi connectivity index (χ2n) is 11.8. The number of nitrogens with one attached hydrogen (secondary N) is 1. The highest BCUT2D eigenvalue weighted by Gasteiger charge is 2.35. The molecule has 4 aromatic rings. The van der Waals surface area contributed by atoms with Crippen LogP contribution in [-0.2, 0) is 32.6 Å². The molecule has 0 aliphatic rings. The van der Waals surface area contributed by atoms with Gasteiger partial charge in [0.05, 0.1) is 24.8 Å². The van der Waals surface area contributed by atoms with Crippen LogP contribution in [0.3, 0.4) is 0 Å². The van der Waals surface area contributed by atoms with Crippen molar-refractivity contribution in [2.24, 2.45) is 5.92 Å². The van der Waals surface area contributed by atoms with Crippen LogP contribution in [0.2, 0.25) is 0 Å². The summed E-state index contributed by atoms with van der Waals surface area (Å²) in [6, 6.07) is 24.9. The van der Waals surface area contributed by atoms with Crippen LogP contribution in [0, 0.1) is 18.7 Å². The summed E-state index contributed by atoms with van der Waals surface area (Å²) in [5.74, 6) is -0.945. The van der Waals surface area contributed by atoms with Gasteiger partial charge in [0.25, 0.3) is 10.0 Å². The van der Waals surface area contributed by atoms with Crippen LogP contribution in [0.4, 0.5) is 10.1 Å². The Hall–Kier alpha value is -4.90. The lowest BCUT2D eigenvalue weighted by molar-refractivity contribution is -0.140. The zero-order valence-corrected chi connectivity index (χ0v) is 28.7. The first kappa shape index (κ1) is 35.9. The van der Waals surface area contributed by atoms with Gasteiger partial charge in [-0.2, -0.15) is 0 Å². The van der Waals surface area contributed by atoms with E-state index in [2.05, 4.69) is 5.32 Å². The maximum absolute atomic E-state index is 15.1. The van der Waals surface area contributed by atoms with Crippen molar-refractivity contribution in [3.8, 4) is 11.5 Å². The summed E-state index contributed by atoms with van der Waals surface area (Å²) in [4.78, 5) is 29.7. The van der Waals surface area contributed by atoms with Crippen LogP contribution >= 0.6 is 0 Å². The fourth-order valence-corrected chi connectivity index (χ4v) is 6.54. The van der Waals surface area contributed by atoms with E-state index in [9.17, 15) is 18.0 Å². The topological polar surface area (TPSA) is 105 Å². The highest BCUT2D eigenvalue weighted by molar-refractivity contribution is 7.92. The van der Waals surface area contributed by atoms with Crippen LogP contribution in [0.15, 0.2) is 102 Å². The first-order valence-corrected chi connectivity index (χ1v) is 17.0. The molecule has 0 aliphatic carbocycles. The first-order chi connectivity index (χ1) is 22.9. The van der Waals surface area contributed by atoms with Crippen LogP contribution in [0.1, 0.15) is 30.5 Å². The molecule has 0 aromatic heterocycles. The van der Waals surface area contributed by atoms with E-state index in [1.807, 2.05) is 51.1 Å². The second-order valence-corrected chi connectivity index (χ2v) is 13.7. The molecule has 0 saturated carbocycles. The monoisotopic (exact) mass is 675 g/mol. The van der Waals surface area contributed by atoms with Crippen molar-refractivity contribution in [1.82, 2.24) is 10.2 Å². The molecule has 48 heavy (non-hydrogen) atoms. The summed E-state index contributed by atoms with van der Waals surface area (Å²) in [5.41, 5.74) is 1.95. The molecule has 0 spiro atoms. The average Bonchev–Trinajstić information content (AvgIpc) is 3.08. The maximum atomic E-state index is 15.1. The molecule has 0 aliphatic heterocycles. The lowest BCUT2D eigenvalue weighted by Gasteiger charge is -2.34. The van der Waals surface area contributed by atoms with Gasteiger partial charge in [-0.3, -0.25) is 13.9 Å². The summed E-state index contributed by atoms with van der Waals surface area (Å²) >= 11 is 0. The normalized spacial score (nSPS) is 11.9. The van der Waals surface area contributed by atoms with Gasteiger partial charge in [0.2, 0.25) is 11.8 Å². The molecule has 0 radical (unpaired) electrons. The highest BCUT2D eigenvalue weighted by atomic mass is 32.2. The number of sulfonamides is 1. The van der Waals surface area contributed by atoms with Crippen molar-refractivity contribution in [1.29, 1.82) is 0 Å². The Morgan fingerprint density at radius 3 is 2.12 bits per heavy atom. The van der Waals surface area contributed by atoms with Crippen molar-refractivity contribution >= 4 is 27.5 Å². The third-order valence-corrected chi connectivity index (χ3v) is 9.59. The Kier molecular flexibility index (Phi) is 12.2. The van der Waals surface area contributed by atoms with Crippen molar-refractivity contribution in [3.05, 3.63) is 120 Å². The van der Waals surface area contributed by atoms with E-state index < -0.39 is 40.2 Å². The van der Waals surface area contributed by atoms with Crippen molar-refractivity contribution < 1.29 is 31.9 Å². The lowest BCUT2D eigenvalue weighted by atomic mass is 10.0. The number of carbonyl (C=O) groups excluding carboxylic acids is 2. The molecule has 9 nitrogen and oxygen atoms in total. The molecule has 0 saturated heterocycles. The number of rotatable bonds is 15. The van der Waals surface area contributed by atoms with E-state index in [0.717, 1.165) is 15.4 Å². The quantitative estimate of drug-likeness (QED) is 0.172. The number of methoxy groups -OCH3 is 2. The van der Waals surface area contributed by atoms with E-state index in [1.165, 1.54) is 61.6 Å². The number of hydrogen-bond acceptors (Lipinski definition) is 6. The minimum atomic E-state index is -4.34. The molecule has 2 amide bonds. The minimum Gasteiger partial charge on any atom is -0.493 e. The third-order valence-electron chi connectivity index (χ3n) is 7.80. The van der Waals surface area contributed by atoms with Crippen LogP contribution < -0.4 is 19.1 Å². The minimum absolute atomic E-state index is 0.0353. The molecule has 254 valence electrons. The van der Waals surface area contributed by atoms with Gasteiger partial charge < -0.3 is 19.7 Å². The Morgan fingerprint density at radius 1 is 0.854 bits per heavy atom. The third kappa shape index (κ3) is 8.92. The smallest absolute Gasteiger partial charge is 0.264 e. The number of nitrogens with zero attached hydrogens (tertiary/aromatic N) is 2. The van der Waals surface area contributed by atoms with Gasteiger partial charge in [-0.1, -0.05) is 80.1 Å². The summed E-state index contributed by atoms with van der Waals surface area (Å²) in [6.45, 7) is 5.12. The van der Waals surface area contributed by atoms with Crippen molar-refractivity contribution in [2.75, 3.05) is 31.6 Å². The number of anilines is 1. The summed E-state index contributed by atoms with van der Waals surface area (Å²) in [7, 11) is -1.46. The van der Waals surface area contributed by atoms with Gasteiger partial charge in [0, 0.05) is 31.1 Å². The van der Waals surface area contributed by atoms with E-state index in [4.69, 9.17) is 9.47 Å². The second kappa shape index (κ2) is 16.3. The fourth-order valence-electron chi connectivity index (χ4n) is 5.13. The lowest BCUT2D eigenvalue weighted by Crippen LogP contribution is -2.53. The number of amides is 2. The van der Waals surface area contributed by atoms with Gasteiger partial charge >= 0.3 is 0 Å². The zero-order chi connectivity index (χ0) is 34.8. The average molecular weight is 676 g/mol. The summed E-state index contributed by atoms with van der Waals surface area (Å²) in [5, 5.41) is 2.92. The largest absolute Gasteiger partial charge is 0.493 e. The molecule has 1 atom stereocenters. The molecule has 0 heterocycles. The fraction of sp³-hybridized carbons (Fsp3) is 0.297. The number of benzene rings is 4. The van der Waals surface area contributed by atoms with E-state index >= 15 is 4.39 Å². The summed E-state index contributed by atoms with van der Waals surface area (Å²) < 4.78 is 55.5. The van der Waals surface area contributed by atoms with Gasteiger partial charge in [0.15, 0.2) is 11.5 Å².